The molecule has 1 aliphatic carbocycles. The second-order valence-corrected chi connectivity index (χ2v) is 10.2. The molecule has 0 bridgehead atoms. The van der Waals surface area contributed by atoms with Gasteiger partial charge in [-0.05, 0) is 38.3 Å². The number of piperazine rings is 1. The lowest BCUT2D eigenvalue weighted by Gasteiger charge is -2.43. The Balaban J connectivity index is 1.36. The molecule has 3 aliphatic rings. The Bertz CT molecular complexity index is 965. The van der Waals surface area contributed by atoms with E-state index in [2.05, 4.69) is 25.2 Å². The second kappa shape index (κ2) is 6.65. The van der Waals surface area contributed by atoms with Crippen LogP contribution in [0, 0.1) is 0 Å². The smallest absolute Gasteiger partial charge is 0.282 e. The quantitative estimate of drug-likeness (QED) is 0.754. The van der Waals surface area contributed by atoms with E-state index in [-0.39, 0.29) is 11.6 Å². The Morgan fingerprint density at radius 2 is 2.18 bits per heavy atom. The van der Waals surface area contributed by atoms with Gasteiger partial charge < -0.3 is 15.2 Å². The summed E-state index contributed by atoms with van der Waals surface area (Å²) in [7, 11) is -1.76. The number of nitrogens with zero attached hydrogens (tertiary/aromatic N) is 5. The van der Waals surface area contributed by atoms with Gasteiger partial charge in [0.15, 0.2) is 0 Å². The van der Waals surface area contributed by atoms with Crippen molar-refractivity contribution in [3.8, 4) is 0 Å². The van der Waals surface area contributed by atoms with Crippen LogP contribution in [0.4, 0.5) is 5.82 Å². The summed E-state index contributed by atoms with van der Waals surface area (Å²) in [6, 6.07) is 2.24. The lowest BCUT2D eigenvalue weighted by atomic mass is 10.2. The van der Waals surface area contributed by atoms with Crippen LogP contribution in [0.1, 0.15) is 25.7 Å². The third kappa shape index (κ3) is 2.99. The summed E-state index contributed by atoms with van der Waals surface area (Å²) in [5.41, 5.74) is 0.510. The van der Waals surface area contributed by atoms with E-state index in [1.165, 1.54) is 0 Å². The van der Waals surface area contributed by atoms with Crippen molar-refractivity contribution in [2.24, 2.45) is 0 Å². The number of hydrogen-bond donors (Lipinski definition) is 2. The summed E-state index contributed by atoms with van der Waals surface area (Å²) in [4.78, 5) is 14.1. The largest absolute Gasteiger partial charge is 0.353 e. The number of H-pyrrole nitrogens is 1. The van der Waals surface area contributed by atoms with Gasteiger partial charge >= 0.3 is 0 Å². The van der Waals surface area contributed by atoms with E-state index < -0.39 is 10.2 Å². The molecule has 9 nitrogen and oxygen atoms in total. The van der Waals surface area contributed by atoms with Crippen molar-refractivity contribution in [1.29, 1.82) is 0 Å². The van der Waals surface area contributed by atoms with Gasteiger partial charge in [-0.15, -0.1) is 0 Å². The normalized spacial score (nSPS) is 25.2. The van der Waals surface area contributed by atoms with E-state index in [1.807, 2.05) is 12.3 Å². The number of rotatable bonds is 5. The number of nitrogens with one attached hydrogen (secondary N) is 2. The van der Waals surface area contributed by atoms with Crippen molar-refractivity contribution in [2.45, 2.75) is 37.3 Å². The molecular weight excluding hydrogens is 378 g/mol. The summed E-state index contributed by atoms with van der Waals surface area (Å²) < 4.78 is 29.9. The minimum atomic E-state index is -3.47. The third-order valence-electron chi connectivity index (χ3n) is 6.36. The Morgan fingerprint density at radius 1 is 1.32 bits per heavy atom. The average Bonchev–Trinajstić information content (AvgIpc) is 3.10. The maximum atomic E-state index is 13.3. The molecule has 2 N–H and O–H groups in total. The summed E-state index contributed by atoms with van der Waals surface area (Å²) in [6.07, 6.45) is 7.40. The lowest BCUT2D eigenvalue weighted by molar-refractivity contribution is 0.248. The van der Waals surface area contributed by atoms with Crippen LogP contribution in [0.15, 0.2) is 18.6 Å². The first-order valence-corrected chi connectivity index (χ1v) is 11.4. The van der Waals surface area contributed by atoms with Gasteiger partial charge in [-0.3, -0.25) is 0 Å². The zero-order chi connectivity index (χ0) is 19.4. The Labute approximate surface area is 165 Å². The number of aromatic nitrogens is 3. The fraction of sp³-hybridized carbons (Fsp3) is 0.667. The number of hydrogen-bond acceptors (Lipinski definition) is 6. The van der Waals surface area contributed by atoms with E-state index in [1.54, 1.807) is 22.0 Å². The number of anilines is 1. The van der Waals surface area contributed by atoms with Gasteiger partial charge in [-0.1, -0.05) is 0 Å². The highest BCUT2D eigenvalue weighted by Crippen LogP contribution is 2.47. The SMILES string of the molecule is CN(C[C@H]1CCCN1)S(=O)(=O)N1CCN(c2ncnc3[nH]ccc23)CC12CC2. The molecule has 3 fully saturated rings. The number of fused-ring (bicyclic) bond motifs is 1. The molecule has 1 saturated carbocycles. The molecule has 5 rings (SSSR count). The highest BCUT2D eigenvalue weighted by atomic mass is 32.2. The minimum absolute atomic E-state index is 0.263. The van der Waals surface area contributed by atoms with Gasteiger partial charge in [-0.25, -0.2) is 9.97 Å². The van der Waals surface area contributed by atoms with Gasteiger partial charge in [0, 0.05) is 45.5 Å². The summed E-state index contributed by atoms with van der Waals surface area (Å²) in [5, 5.41) is 4.38. The van der Waals surface area contributed by atoms with Crippen LogP contribution in [-0.2, 0) is 10.2 Å². The van der Waals surface area contributed by atoms with E-state index in [0.717, 1.165) is 49.1 Å². The Kier molecular flexibility index (Phi) is 4.34. The highest BCUT2D eigenvalue weighted by molar-refractivity contribution is 7.86. The lowest BCUT2D eigenvalue weighted by Crippen LogP contribution is -2.60. The Morgan fingerprint density at radius 3 is 2.93 bits per heavy atom. The zero-order valence-corrected chi connectivity index (χ0v) is 17.0. The molecule has 1 spiro atoms. The van der Waals surface area contributed by atoms with Crippen molar-refractivity contribution in [3.63, 3.8) is 0 Å². The van der Waals surface area contributed by atoms with Gasteiger partial charge in [-0.2, -0.15) is 17.0 Å². The van der Waals surface area contributed by atoms with Crippen molar-refractivity contribution >= 4 is 27.1 Å². The zero-order valence-electron chi connectivity index (χ0n) is 16.1. The summed E-state index contributed by atoms with van der Waals surface area (Å²) in [5.74, 6) is 0.887. The number of aromatic amines is 1. The molecule has 0 radical (unpaired) electrons. The van der Waals surface area contributed by atoms with Crippen LogP contribution >= 0.6 is 0 Å². The van der Waals surface area contributed by atoms with Gasteiger partial charge in [0.2, 0.25) is 0 Å². The fourth-order valence-corrected chi connectivity index (χ4v) is 6.40. The van der Waals surface area contributed by atoms with Crippen LogP contribution in [0.3, 0.4) is 0 Å². The molecule has 4 heterocycles. The van der Waals surface area contributed by atoms with Crippen LogP contribution in [0.5, 0.6) is 0 Å². The van der Waals surface area contributed by atoms with Crippen molar-refractivity contribution in [1.82, 2.24) is 28.9 Å². The maximum Gasteiger partial charge on any atom is 0.282 e. The standard InChI is InChI=1S/C18H27N7O2S/c1-23(11-14-3-2-7-19-14)28(26,27)25-10-9-24(12-18(25)5-6-18)17-15-4-8-20-16(15)21-13-22-17/h4,8,13-14,19H,2-3,5-7,9-12H2,1H3,(H,20,21,22)/t14-/m1/s1. The molecule has 2 aromatic rings. The van der Waals surface area contributed by atoms with Crippen LogP contribution in [0.25, 0.3) is 11.0 Å². The molecule has 2 aromatic heterocycles. The average molecular weight is 406 g/mol. The maximum absolute atomic E-state index is 13.3. The molecule has 2 saturated heterocycles. The molecule has 28 heavy (non-hydrogen) atoms. The topological polar surface area (TPSA) is 97.5 Å². The molecule has 152 valence electrons. The fourth-order valence-electron chi connectivity index (χ4n) is 4.65. The summed E-state index contributed by atoms with van der Waals surface area (Å²) in [6.45, 7) is 3.32. The van der Waals surface area contributed by atoms with E-state index in [0.29, 0.717) is 26.2 Å². The van der Waals surface area contributed by atoms with E-state index in [4.69, 9.17) is 0 Å². The van der Waals surface area contributed by atoms with Crippen molar-refractivity contribution in [3.05, 3.63) is 18.6 Å². The van der Waals surface area contributed by atoms with E-state index in [9.17, 15) is 8.42 Å². The molecule has 1 atom stereocenters. The van der Waals surface area contributed by atoms with Crippen molar-refractivity contribution < 1.29 is 8.42 Å². The minimum Gasteiger partial charge on any atom is -0.353 e. The molecular formula is C18H27N7O2S. The van der Waals surface area contributed by atoms with Crippen LogP contribution in [-0.4, -0.2) is 83.3 Å². The first-order valence-electron chi connectivity index (χ1n) is 10.0. The summed E-state index contributed by atoms with van der Waals surface area (Å²) >= 11 is 0. The van der Waals surface area contributed by atoms with Gasteiger partial charge in [0.05, 0.1) is 10.9 Å². The Hall–Kier alpha value is -1.75. The third-order valence-corrected chi connectivity index (χ3v) is 8.42. The molecule has 0 amide bonds. The van der Waals surface area contributed by atoms with Gasteiger partial charge in [0.25, 0.3) is 10.2 Å². The molecule has 10 heteroatoms. The molecule has 2 aliphatic heterocycles. The molecule has 0 aromatic carbocycles. The highest BCUT2D eigenvalue weighted by Gasteiger charge is 2.56. The van der Waals surface area contributed by atoms with E-state index >= 15 is 0 Å². The predicted octanol–water partition coefficient (Wildman–Crippen LogP) is 0.541. The van der Waals surface area contributed by atoms with Crippen LogP contribution in [0.2, 0.25) is 0 Å². The molecule has 0 unspecified atom stereocenters. The predicted molar refractivity (Wildman–Crippen MR) is 107 cm³/mol. The monoisotopic (exact) mass is 405 g/mol. The first kappa shape index (κ1) is 18.3. The van der Waals surface area contributed by atoms with Crippen molar-refractivity contribution in [2.75, 3.05) is 44.7 Å². The van der Waals surface area contributed by atoms with Gasteiger partial charge in [0.1, 0.15) is 17.8 Å². The number of likely N-dealkylation sites (N-methyl/N-ethyl adjacent to an activating group) is 1. The first-order chi connectivity index (χ1) is 13.5. The van der Waals surface area contributed by atoms with Crippen LogP contribution < -0.4 is 10.2 Å². The second-order valence-electron chi connectivity index (χ2n) is 8.24.